The van der Waals surface area contributed by atoms with Gasteiger partial charge in [0.05, 0.1) is 12.2 Å². The first-order chi connectivity index (χ1) is 9.26. The van der Waals surface area contributed by atoms with Gasteiger partial charge in [0.25, 0.3) is 0 Å². The van der Waals surface area contributed by atoms with E-state index in [0.717, 1.165) is 5.56 Å². The molecular formula is C16H16O2S. The lowest BCUT2D eigenvalue weighted by Gasteiger charge is -2.06. The number of rotatable bonds is 4. The van der Waals surface area contributed by atoms with Crippen LogP contribution in [0.5, 0.6) is 0 Å². The average Bonchev–Trinajstić information content (AvgIpc) is 2.95. The van der Waals surface area contributed by atoms with E-state index in [1.54, 1.807) is 18.3 Å². The van der Waals surface area contributed by atoms with E-state index in [1.807, 2.05) is 37.3 Å². The van der Waals surface area contributed by atoms with Gasteiger partial charge in [0.2, 0.25) is 0 Å². The van der Waals surface area contributed by atoms with Crippen molar-refractivity contribution in [1.29, 1.82) is 0 Å². The molecule has 0 aliphatic rings. The van der Waals surface area contributed by atoms with Crippen molar-refractivity contribution in [2.45, 2.75) is 13.8 Å². The van der Waals surface area contributed by atoms with Crippen LogP contribution in [0.2, 0.25) is 0 Å². The van der Waals surface area contributed by atoms with Crippen LogP contribution in [0.15, 0.2) is 47.9 Å². The van der Waals surface area contributed by atoms with Crippen molar-refractivity contribution >= 4 is 22.9 Å². The zero-order chi connectivity index (χ0) is 13.7. The second-order valence-electron chi connectivity index (χ2n) is 3.98. The Labute approximate surface area is 117 Å². The summed E-state index contributed by atoms with van der Waals surface area (Å²) in [4.78, 5) is 12.8. The van der Waals surface area contributed by atoms with Crippen LogP contribution in [0.25, 0.3) is 5.57 Å². The number of ether oxygens (including phenoxy) is 1. The van der Waals surface area contributed by atoms with Crippen molar-refractivity contribution in [2.75, 3.05) is 6.61 Å². The lowest BCUT2D eigenvalue weighted by atomic mass is 10.0. The highest BCUT2D eigenvalue weighted by molar-refractivity contribution is 7.11. The van der Waals surface area contributed by atoms with Gasteiger partial charge in [-0.3, -0.25) is 0 Å². The van der Waals surface area contributed by atoms with Gasteiger partial charge in [-0.2, -0.15) is 0 Å². The first-order valence-electron chi connectivity index (χ1n) is 6.24. The number of allylic oxidation sites excluding steroid dienone is 1. The van der Waals surface area contributed by atoms with Crippen LogP contribution >= 0.6 is 11.3 Å². The number of esters is 1. The number of carbonyl (C=O) groups is 1. The van der Waals surface area contributed by atoms with Gasteiger partial charge in [0.1, 0.15) is 0 Å². The molecule has 0 N–H and O–H groups in total. The van der Waals surface area contributed by atoms with Crippen molar-refractivity contribution in [2.24, 2.45) is 0 Å². The number of hydrogen-bond acceptors (Lipinski definition) is 3. The molecule has 0 atom stereocenters. The summed E-state index contributed by atoms with van der Waals surface area (Å²) in [6.07, 6.45) is 2.09. The minimum Gasteiger partial charge on any atom is -0.462 e. The molecule has 2 rings (SSSR count). The Morgan fingerprint density at radius 1 is 1.21 bits per heavy atom. The molecule has 0 unspecified atom stereocenters. The third-order valence-corrected chi connectivity index (χ3v) is 3.69. The highest BCUT2D eigenvalue weighted by Crippen LogP contribution is 2.27. The van der Waals surface area contributed by atoms with Gasteiger partial charge in [-0.1, -0.05) is 24.3 Å². The Kier molecular flexibility index (Phi) is 4.53. The lowest BCUT2D eigenvalue weighted by Crippen LogP contribution is -2.04. The van der Waals surface area contributed by atoms with E-state index in [4.69, 9.17) is 4.74 Å². The molecule has 0 spiro atoms. The van der Waals surface area contributed by atoms with Crippen LogP contribution < -0.4 is 0 Å². The molecule has 1 heterocycles. The zero-order valence-corrected chi connectivity index (χ0v) is 11.9. The molecule has 1 aromatic carbocycles. The molecule has 98 valence electrons. The molecule has 1 aromatic heterocycles. The predicted molar refractivity (Wildman–Crippen MR) is 79.5 cm³/mol. The average molecular weight is 272 g/mol. The van der Waals surface area contributed by atoms with E-state index in [9.17, 15) is 4.79 Å². The summed E-state index contributed by atoms with van der Waals surface area (Å²) in [5, 5.41) is 2.06. The molecular weight excluding hydrogens is 256 g/mol. The summed E-state index contributed by atoms with van der Waals surface area (Å²) in [6, 6.07) is 11.7. The topological polar surface area (TPSA) is 26.3 Å². The zero-order valence-electron chi connectivity index (χ0n) is 11.1. The Hall–Kier alpha value is -1.87. The smallest absolute Gasteiger partial charge is 0.338 e. The number of carbonyl (C=O) groups excluding carboxylic acids is 1. The molecule has 3 heteroatoms. The van der Waals surface area contributed by atoms with Gasteiger partial charge >= 0.3 is 5.97 Å². The number of hydrogen-bond donors (Lipinski definition) is 0. The Morgan fingerprint density at radius 2 is 1.89 bits per heavy atom. The maximum atomic E-state index is 11.6. The highest BCUT2D eigenvalue weighted by atomic mass is 32.1. The van der Waals surface area contributed by atoms with Crippen LogP contribution in [0, 0.1) is 0 Å². The first-order valence-corrected chi connectivity index (χ1v) is 7.12. The van der Waals surface area contributed by atoms with E-state index in [1.165, 1.54) is 10.5 Å². The van der Waals surface area contributed by atoms with Gasteiger partial charge in [0.15, 0.2) is 0 Å². The van der Waals surface area contributed by atoms with Crippen molar-refractivity contribution in [3.05, 3.63) is 63.9 Å². The number of thiophene rings is 1. The van der Waals surface area contributed by atoms with Crippen molar-refractivity contribution < 1.29 is 9.53 Å². The fourth-order valence-corrected chi connectivity index (χ4v) is 2.71. The van der Waals surface area contributed by atoms with Crippen molar-refractivity contribution in [1.82, 2.24) is 0 Å². The van der Waals surface area contributed by atoms with Crippen molar-refractivity contribution in [3.8, 4) is 0 Å². The normalized spacial score (nSPS) is 11.4. The molecule has 0 saturated heterocycles. The van der Waals surface area contributed by atoms with Crippen LogP contribution in [0.1, 0.15) is 34.6 Å². The standard InChI is InChI=1S/C16H16O2S/c1-3-14(15-6-5-11-19-15)12-7-9-13(10-8-12)16(17)18-4-2/h3,5-11H,4H2,1-2H3. The maximum Gasteiger partial charge on any atom is 0.338 e. The predicted octanol–water partition coefficient (Wildman–Crippen LogP) is 4.38. The van der Waals surface area contributed by atoms with Gasteiger partial charge in [-0.05, 0) is 48.6 Å². The fraction of sp³-hybridized carbons (Fsp3) is 0.188. The SMILES string of the molecule is CC=C(c1ccc(C(=O)OCC)cc1)c1cccs1. The minimum atomic E-state index is -0.271. The molecule has 0 aliphatic heterocycles. The third kappa shape index (κ3) is 3.12. The van der Waals surface area contributed by atoms with E-state index in [2.05, 4.69) is 17.5 Å². The fourth-order valence-electron chi connectivity index (χ4n) is 1.88. The molecule has 0 aliphatic carbocycles. The summed E-state index contributed by atoms with van der Waals surface area (Å²) >= 11 is 1.71. The molecule has 0 saturated carbocycles. The molecule has 19 heavy (non-hydrogen) atoms. The van der Waals surface area contributed by atoms with E-state index < -0.39 is 0 Å². The van der Waals surface area contributed by atoms with Crippen LogP contribution in [-0.4, -0.2) is 12.6 Å². The van der Waals surface area contributed by atoms with E-state index in [-0.39, 0.29) is 5.97 Å². The maximum absolute atomic E-state index is 11.6. The summed E-state index contributed by atoms with van der Waals surface area (Å²) in [7, 11) is 0. The lowest BCUT2D eigenvalue weighted by molar-refractivity contribution is 0.0526. The summed E-state index contributed by atoms with van der Waals surface area (Å²) in [5.41, 5.74) is 2.88. The van der Waals surface area contributed by atoms with Gasteiger partial charge in [-0.25, -0.2) is 4.79 Å². The van der Waals surface area contributed by atoms with Crippen molar-refractivity contribution in [3.63, 3.8) is 0 Å². The number of benzene rings is 1. The van der Waals surface area contributed by atoms with Crippen LogP contribution in [0.4, 0.5) is 0 Å². The van der Waals surface area contributed by atoms with Crippen LogP contribution in [0.3, 0.4) is 0 Å². The largest absolute Gasteiger partial charge is 0.462 e. The molecule has 2 aromatic rings. The quantitative estimate of drug-likeness (QED) is 0.772. The summed E-state index contributed by atoms with van der Waals surface area (Å²) in [6.45, 7) is 4.23. The molecule has 0 bridgehead atoms. The molecule has 0 fully saturated rings. The third-order valence-electron chi connectivity index (χ3n) is 2.78. The Bertz CT molecular complexity index is 565. The van der Waals surface area contributed by atoms with Crippen LogP contribution in [-0.2, 0) is 4.74 Å². The second-order valence-corrected chi connectivity index (χ2v) is 4.93. The Morgan fingerprint density at radius 3 is 2.42 bits per heavy atom. The summed E-state index contributed by atoms with van der Waals surface area (Å²) in [5.74, 6) is -0.271. The Balaban J connectivity index is 2.25. The highest BCUT2D eigenvalue weighted by Gasteiger charge is 2.08. The van der Waals surface area contributed by atoms with E-state index in [0.29, 0.717) is 12.2 Å². The monoisotopic (exact) mass is 272 g/mol. The van der Waals surface area contributed by atoms with Gasteiger partial charge in [-0.15, -0.1) is 11.3 Å². The molecule has 0 radical (unpaired) electrons. The summed E-state index contributed by atoms with van der Waals surface area (Å²) < 4.78 is 4.98. The minimum absolute atomic E-state index is 0.271. The van der Waals surface area contributed by atoms with Gasteiger partial charge in [0, 0.05) is 4.88 Å². The van der Waals surface area contributed by atoms with E-state index >= 15 is 0 Å². The molecule has 0 amide bonds. The first kappa shape index (κ1) is 13.6. The van der Waals surface area contributed by atoms with Gasteiger partial charge < -0.3 is 4.74 Å². The molecule has 2 nitrogen and oxygen atoms in total. The second kappa shape index (κ2) is 6.34.